The van der Waals surface area contributed by atoms with Gasteiger partial charge in [-0.25, -0.2) is 4.98 Å². The second kappa shape index (κ2) is 3.76. The van der Waals surface area contributed by atoms with Crippen molar-refractivity contribution in [2.24, 2.45) is 5.92 Å². The van der Waals surface area contributed by atoms with Crippen LogP contribution in [0.1, 0.15) is 51.0 Å². The predicted molar refractivity (Wildman–Crippen MR) is 58.4 cm³/mol. The molecule has 0 saturated heterocycles. The molecule has 1 aromatic heterocycles. The maximum Gasteiger partial charge on any atom is 0.109 e. The van der Waals surface area contributed by atoms with Crippen LogP contribution >= 0.6 is 0 Å². The minimum Gasteiger partial charge on any atom is -0.335 e. The van der Waals surface area contributed by atoms with Gasteiger partial charge >= 0.3 is 0 Å². The first-order valence-corrected chi connectivity index (χ1v) is 5.76. The summed E-state index contributed by atoms with van der Waals surface area (Å²) in [4.78, 5) is 4.73. The van der Waals surface area contributed by atoms with Crippen molar-refractivity contribution in [2.45, 2.75) is 52.5 Å². The third-order valence-corrected chi connectivity index (χ3v) is 3.39. The quantitative estimate of drug-likeness (QED) is 0.704. The Morgan fingerprint density at radius 3 is 3.14 bits per heavy atom. The van der Waals surface area contributed by atoms with E-state index in [9.17, 15) is 0 Å². The average molecular weight is 192 g/mol. The summed E-state index contributed by atoms with van der Waals surface area (Å²) >= 11 is 0. The SMILES string of the molecule is CCC(C)c1cn2c(n1)CC(C)CC2. The van der Waals surface area contributed by atoms with Gasteiger partial charge in [-0.3, -0.25) is 0 Å². The van der Waals surface area contributed by atoms with E-state index < -0.39 is 0 Å². The topological polar surface area (TPSA) is 17.8 Å². The van der Waals surface area contributed by atoms with E-state index in [1.54, 1.807) is 0 Å². The van der Waals surface area contributed by atoms with Crippen molar-refractivity contribution in [1.29, 1.82) is 0 Å². The smallest absolute Gasteiger partial charge is 0.109 e. The van der Waals surface area contributed by atoms with E-state index in [0.717, 1.165) is 12.3 Å². The zero-order valence-corrected chi connectivity index (χ0v) is 9.45. The van der Waals surface area contributed by atoms with Gasteiger partial charge in [0.2, 0.25) is 0 Å². The van der Waals surface area contributed by atoms with Crippen LogP contribution in [0.5, 0.6) is 0 Å². The first-order chi connectivity index (χ1) is 6.70. The molecule has 2 nitrogen and oxygen atoms in total. The Labute approximate surface area is 86.3 Å². The van der Waals surface area contributed by atoms with Crippen LogP contribution in [0.4, 0.5) is 0 Å². The highest BCUT2D eigenvalue weighted by Gasteiger charge is 2.18. The lowest BCUT2D eigenvalue weighted by molar-refractivity contribution is 0.409. The molecule has 2 heteroatoms. The lowest BCUT2D eigenvalue weighted by Gasteiger charge is -2.18. The lowest BCUT2D eigenvalue weighted by atomic mass is 10.0. The molecule has 0 aromatic carbocycles. The molecule has 0 N–H and O–H groups in total. The predicted octanol–water partition coefficient (Wildman–Crippen LogP) is 2.98. The van der Waals surface area contributed by atoms with E-state index in [1.807, 2.05) is 0 Å². The van der Waals surface area contributed by atoms with Crippen LogP contribution in [0.25, 0.3) is 0 Å². The Morgan fingerprint density at radius 2 is 2.43 bits per heavy atom. The zero-order valence-electron chi connectivity index (χ0n) is 9.45. The van der Waals surface area contributed by atoms with Crippen LogP contribution in [0.3, 0.4) is 0 Å². The number of aryl methyl sites for hydroxylation is 1. The molecule has 2 unspecified atom stereocenters. The summed E-state index contributed by atoms with van der Waals surface area (Å²) < 4.78 is 2.35. The van der Waals surface area contributed by atoms with Gasteiger partial charge in [-0.1, -0.05) is 20.8 Å². The van der Waals surface area contributed by atoms with Gasteiger partial charge in [-0.15, -0.1) is 0 Å². The fraction of sp³-hybridized carbons (Fsp3) is 0.750. The Morgan fingerprint density at radius 1 is 1.64 bits per heavy atom. The van der Waals surface area contributed by atoms with Crippen LogP contribution in [-0.4, -0.2) is 9.55 Å². The third-order valence-electron chi connectivity index (χ3n) is 3.39. The summed E-state index contributed by atoms with van der Waals surface area (Å²) in [6.45, 7) is 7.98. The molecule has 2 atom stereocenters. The van der Waals surface area contributed by atoms with Crippen molar-refractivity contribution < 1.29 is 0 Å². The van der Waals surface area contributed by atoms with Gasteiger partial charge in [0.15, 0.2) is 0 Å². The summed E-state index contributed by atoms with van der Waals surface area (Å²) in [5.74, 6) is 2.73. The number of imidazole rings is 1. The summed E-state index contributed by atoms with van der Waals surface area (Å²) in [6.07, 6.45) is 5.92. The van der Waals surface area contributed by atoms with Crippen LogP contribution < -0.4 is 0 Å². The van der Waals surface area contributed by atoms with Crippen molar-refractivity contribution in [3.63, 3.8) is 0 Å². The van der Waals surface area contributed by atoms with E-state index in [-0.39, 0.29) is 0 Å². The van der Waals surface area contributed by atoms with E-state index in [4.69, 9.17) is 4.98 Å². The Kier molecular flexibility index (Phi) is 2.62. The Balaban J connectivity index is 2.23. The molecule has 0 saturated carbocycles. The second-order valence-electron chi connectivity index (χ2n) is 4.68. The summed E-state index contributed by atoms with van der Waals surface area (Å²) in [5.41, 5.74) is 1.29. The van der Waals surface area contributed by atoms with Gasteiger partial charge < -0.3 is 4.57 Å². The van der Waals surface area contributed by atoms with Crippen LogP contribution in [0.15, 0.2) is 6.20 Å². The average Bonchev–Trinajstić information content (AvgIpc) is 2.59. The van der Waals surface area contributed by atoms with Gasteiger partial charge in [0.25, 0.3) is 0 Å². The van der Waals surface area contributed by atoms with Crippen molar-refractivity contribution in [3.05, 3.63) is 17.7 Å². The van der Waals surface area contributed by atoms with Crippen LogP contribution in [-0.2, 0) is 13.0 Å². The highest BCUT2D eigenvalue weighted by molar-refractivity contribution is 5.10. The molecule has 2 rings (SSSR count). The minimum absolute atomic E-state index is 0.614. The summed E-state index contributed by atoms with van der Waals surface area (Å²) in [6, 6.07) is 0. The highest BCUT2D eigenvalue weighted by Crippen LogP contribution is 2.23. The van der Waals surface area contributed by atoms with Crippen LogP contribution in [0.2, 0.25) is 0 Å². The zero-order chi connectivity index (χ0) is 10.1. The highest BCUT2D eigenvalue weighted by atomic mass is 15.1. The molecule has 1 aliphatic rings. The first kappa shape index (κ1) is 9.75. The van der Waals surface area contributed by atoms with Gasteiger partial charge in [0.1, 0.15) is 5.82 Å². The maximum absolute atomic E-state index is 4.73. The van der Waals surface area contributed by atoms with Gasteiger partial charge in [0.05, 0.1) is 5.69 Å². The number of rotatable bonds is 2. The molecule has 0 radical (unpaired) electrons. The molecule has 1 aliphatic heterocycles. The van der Waals surface area contributed by atoms with E-state index in [0.29, 0.717) is 5.92 Å². The molecule has 14 heavy (non-hydrogen) atoms. The van der Waals surface area contributed by atoms with E-state index >= 15 is 0 Å². The van der Waals surface area contributed by atoms with Crippen LogP contribution in [0, 0.1) is 5.92 Å². The van der Waals surface area contributed by atoms with Crippen molar-refractivity contribution in [1.82, 2.24) is 9.55 Å². The Bertz CT molecular complexity index is 314. The van der Waals surface area contributed by atoms with Gasteiger partial charge in [0, 0.05) is 19.2 Å². The van der Waals surface area contributed by atoms with Gasteiger partial charge in [-0.05, 0) is 24.7 Å². The largest absolute Gasteiger partial charge is 0.335 e. The lowest BCUT2D eigenvalue weighted by Crippen LogP contribution is -2.16. The Hall–Kier alpha value is -0.790. The minimum atomic E-state index is 0.614. The standard InChI is InChI=1S/C12H20N2/c1-4-10(3)11-8-14-6-5-9(2)7-12(14)13-11/h8-10H,4-7H2,1-3H3. The second-order valence-corrected chi connectivity index (χ2v) is 4.68. The van der Waals surface area contributed by atoms with Crippen molar-refractivity contribution >= 4 is 0 Å². The number of hydrogen-bond acceptors (Lipinski definition) is 1. The maximum atomic E-state index is 4.73. The molecule has 1 aromatic rings. The molecule has 0 bridgehead atoms. The van der Waals surface area contributed by atoms with Crippen molar-refractivity contribution in [2.75, 3.05) is 0 Å². The van der Waals surface area contributed by atoms with E-state index in [1.165, 1.54) is 30.9 Å². The molecule has 0 amide bonds. The summed E-state index contributed by atoms with van der Waals surface area (Å²) in [5, 5.41) is 0. The van der Waals surface area contributed by atoms with Gasteiger partial charge in [-0.2, -0.15) is 0 Å². The van der Waals surface area contributed by atoms with E-state index in [2.05, 4.69) is 31.5 Å². The van der Waals surface area contributed by atoms with Crippen molar-refractivity contribution in [3.8, 4) is 0 Å². The molecular weight excluding hydrogens is 172 g/mol. The normalized spacial score (nSPS) is 23.2. The number of hydrogen-bond donors (Lipinski definition) is 0. The number of aromatic nitrogens is 2. The monoisotopic (exact) mass is 192 g/mol. The molecule has 2 heterocycles. The fourth-order valence-corrected chi connectivity index (χ4v) is 2.05. The molecule has 78 valence electrons. The fourth-order valence-electron chi connectivity index (χ4n) is 2.05. The summed E-state index contributed by atoms with van der Waals surface area (Å²) in [7, 11) is 0. The number of nitrogens with zero attached hydrogens (tertiary/aromatic N) is 2. The molecular formula is C12H20N2. The molecule has 0 aliphatic carbocycles. The molecule has 0 spiro atoms. The molecule has 0 fully saturated rings. The third kappa shape index (κ3) is 1.70. The number of fused-ring (bicyclic) bond motifs is 1. The first-order valence-electron chi connectivity index (χ1n) is 5.76.